The smallest absolute Gasteiger partial charge is 0.314 e. The fraction of sp³-hybridized carbons (Fsp3) is 0.444. The molecule has 0 spiro atoms. The molecule has 2 aliphatic rings. The molecule has 134 valence electrons. The van der Waals surface area contributed by atoms with E-state index in [9.17, 15) is 9.90 Å². The number of rotatable bonds is 5. The Morgan fingerprint density at radius 1 is 1.36 bits per heavy atom. The van der Waals surface area contributed by atoms with Gasteiger partial charge in [-0.05, 0) is 44.0 Å². The highest BCUT2D eigenvalue weighted by atomic mass is 16.3. The van der Waals surface area contributed by atoms with Gasteiger partial charge in [0.05, 0.1) is 0 Å². The number of urea groups is 1. The van der Waals surface area contributed by atoms with Crippen LogP contribution in [0.2, 0.25) is 0 Å². The number of phenols is 1. The maximum absolute atomic E-state index is 11.2. The Morgan fingerprint density at radius 3 is 2.64 bits per heavy atom. The normalized spacial score (nSPS) is 23.6. The Morgan fingerprint density at radius 2 is 2.04 bits per heavy atom. The van der Waals surface area contributed by atoms with E-state index < -0.39 is 0 Å². The van der Waals surface area contributed by atoms with Crippen LogP contribution in [0.4, 0.5) is 4.79 Å². The lowest BCUT2D eigenvalue weighted by atomic mass is 10.1. The van der Waals surface area contributed by atoms with Gasteiger partial charge in [-0.25, -0.2) is 4.79 Å². The van der Waals surface area contributed by atoms with Crippen LogP contribution in [-0.4, -0.2) is 52.5 Å². The summed E-state index contributed by atoms with van der Waals surface area (Å²) in [5.41, 5.74) is 7.48. The molecule has 7 nitrogen and oxygen atoms in total. The van der Waals surface area contributed by atoms with Gasteiger partial charge in [-0.3, -0.25) is 0 Å². The van der Waals surface area contributed by atoms with Gasteiger partial charge in [0, 0.05) is 24.7 Å². The molecule has 1 unspecified atom stereocenters. The number of nitrogens with one attached hydrogen (secondary N) is 1. The van der Waals surface area contributed by atoms with Gasteiger partial charge in [0.25, 0.3) is 0 Å². The number of likely N-dealkylation sites (tertiary alicyclic amines) is 1. The summed E-state index contributed by atoms with van der Waals surface area (Å²) in [6.45, 7) is 5.10. The topological polar surface area (TPSA) is 91.0 Å². The minimum Gasteiger partial charge on any atom is -0.508 e. The van der Waals surface area contributed by atoms with E-state index in [0.717, 1.165) is 37.2 Å². The number of nitrogens with zero attached hydrogens (tertiary/aromatic N) is 3. The zero-order valence-corrected chi connectivity index (χ0v) is 14.6. The van der Waals surface area contributed by atoms with E-state index in [1.54, 1.807) is 17.0 Å². The second kappa shape index (κ2) is 7.14. The van der Waals surface area contributed by atoms with Crippen molar-refractivity contribution in [3.8, 4) is 5.75 Å². The molecule has 3 rings (SSSR count). The minimum absolute atomic E-state index is 0.275. The largest absolute Gasteiger partial charge is 0.508 e. The first-order valence-corrected chi connectivity index (χ1v) is 8.74. The van der Waals surface area contributed by atoms with Crippen molar-refractivity contribution in [2.75, 3.05) is 19.6 Å². The van der Waals surface area contributed by atoms with Crippen LogP contribution in [0.5, 0.6) is 5.75 Å². The first-order chi connectivity index (χ1) is 12.0. The molecule has 2 heterocycles. The molecule has 7 heteroatoms. The number of piperidine rings is 1. The molecule has 1 fully saturated rings. The zero-order valence-electron chi connectivity index (χ0n) is 14.6. The van der Waals surface area contributed by atoms with E-state index in [1.165, 1.54) is 0 Å². The van der Waals surface area contributed by atoms with Gasteiger partial charge in [0.1, 0.15) is 37.0 Å². The predicted octanol–water partition coefficient (Wildman–Crippen LogP) is 1.70. The molecule has 0 bridgehead atoms. The monoisotopic (exact) mass is 344 g/mol. The van der Waals surface area contributed by atoms with E-state index in [-0.39, 0.29) is 11.8 Å². The van der Waals surface area contributed by atoms with Crippen LogP contribution in [0.25, 0.3) is 0 Å². The van der Waals surface area contributed by atoms with E-state index >= 15 is 0 Å². The summed E-state index contributed by atoms with van der Waals surface area (Å²) >= 11 is 0. The van der Waals surface area contributed by atoms with Crippen molar-refractivity contribution in [2.45, 2.75) is 32.4 Å². The van der Waals surface area contributed by atoms with Crippen molar-refractivity contribution >= 4 is 12.2 Å². The van der Waals surface area contributed by atoms with Crippen LogP contribution in [0.15, 0.2) is 41.3 Å². The van der Waals surface area contributed by atoms with Gasteiger partial charge in [-0.2, -0.15) is 4.59 Å². The van der Waals surface area contributed by atoms with E-state index in [2.05, 4.69) is 18.4 Å². The predicted molar refractivity (Wildman–Crippen MR) is 96.5 cm³/mol. The average molecular weight is 344 g/mol. The van der Waals surface area contributed by atoms with Crippen molar-refractivity contribution in [3.63, 3.8) is 0 Å². The average Bonchev–Trinajstić information content (AvgIpc) is 3.01. The minimum atomic E-state index is -0.337. The van der Waals surface area contributed by atoms with Crippen molar-refractivity contribution in [1.29, 1.82) is 0 Å². The molecular weight excluding hydrogens is 318 g/mol. The van der Waals surface area contributed by atoms with Gasteiger partial charge in [0.15, 0.2) is 0 Å². The van der Waals surface area contributed by atoms with Crippen LogP contribution in [0.3, 0.4) is 0 Å². The highest BCUT2D eigenvalue weighted by Crippen LogP contribution is 2.23. The summed E-state index contributed by atoms with van der Waals surface area (Å²) in [6.07, 6.45) is 5.81. The molecule has 0 saturated carbocycles. The van der Waals surface area contributed by atoms with E-state index in [0.29, 0.717) is 23.7 Å². The number of allylic oxidation sites excluding steroid dienone is 1. The number of primary amides is 1. The molecule has 0 aliphatic carbocycles. The summed E-state index contributed by atoms with van der Waals surface area (Å²) in [4.78, 5) is 12.9. The van der Waals surface area contributed by atoms with Crippen LogP contribution in [-0.2, 0) is 6.54 Å². The number of phenolic OH excluding ortho intramolecular Hbond substituents is 1. The highest BCUT2D eigenvalue weighted by Gasteiger charge is 2.30. The molecule has 1 saturated heterocycles. The lowest BCUT2D eigenvalue weighted by molar-refractivity contribution is -0.895. The summed E-state index contributed by atoms with van der Waals surface area (Å²) in [5, 5.41) is 17.7. The molecule has 0 aromatic heterocycles. The number of carbonyl (C=O) groups is 1. The maximum Gasteiger partial charge on any atom is 0.314 e. The van der Waals surface area contributed by atoms with Crippen LogP contribution < -0.4 is 11.1 Å². The number of carbonyl (C=O) groups excluding carboxylic acids is 1. The number of hydrogen-bond acceptors (Lipinski definition) is 4. The Hall–Kier alpha value is -2.54. The van der Waals surface area contributed by atoms with Gasteiger partial charge in [0.2, 0.25) is 0 Å². The van der Waals surface area contributed by atoms with E-state index in [4.69, 9.17) is 10.8 Å². The molecule has 2 amide bonds. The van der Waals surface area contributed by atoms with Gasteiger partial charge >= 0.3 is 6.03 Å². The Balaban J connectivity index is 1.61. The maximum atomic E-state index is 11.2. The first-order valence-electron chi connectivity index (χ1n) is 8.74. The molecule has 1 aromatic rings. The molecule has 1 aromatic carbocycles. The lowest BCUT2D eigenvalue weighted by Gasteiger charge is -2.31. The lowest BCUT2D eigenvalue weighted by Crippen LogP contribution is -2.46. The molecule has 2 aliphatic heterocycles. The van der Waals surface area contributed by atoms with Crippen molar-refractivity contribution in [1.82, 2.24) is 10.2 Å². The van der Waals surface area contributed by atoms with Gasteiger partial charge in [-0.1, -0.05) is 5.10 Å². The fourth-order valence-corrected chi connectivity index (χ4v) is 3.35. The molecule has 1 atom stereocenters. The van der Waals surface area contributed by atoms with Crippen molar-refractivity contribution in [3.05, 3.63) is 41.7 Å². The number of hydrogen-bond donors (Lipinski definition) is 3. The Kier molecular flexibility index (Phi) is 4.94. The second-order valence-corrected chi connectivity index (χ2v) is 6.70. The summed E-state index contributed by atoms with van der Waals surface area (Å²) < 4.78 is 0.507. The number of benzene rings is 1. The fourth-order valence-electron chi connectivity index (χ4n) is 3.35. The standard InChI is InChI=1S/C18H25N5O2/c1-2-23(12-14-3-5-17(24)6-4-14)13-16(11-20-23)21-15-7-9-22(10-8-15)18(19)25/h3-6,11,13,15,21H,2,7-10,12H2,1H3,(H2-,19,24,25)/p+1. The van der Waals surface area contributed by atoms with Gasteiger partial charge < -0.3 is 21.1 Å². The number of nitrogens with two attached hydrogens (primary N) is 1. The quantitative estimate of drug-likeness (QED) is 0.710. The number of aromatic hydroxyl groups is 1. The van der Waals surface area contributed by atoms with Crippen LogP contribution >= 0.6 is 0 Å². The molecular formula is C18H26N5O2+. The molecule has 0 radical (unpaired) electrons. The SMILES string of the molecule is CC[N+]1(Cc2ccc(O)cc2)C=C(NC2CCN(C(N)=O)CC2)C=N1. The first kappa shape index (κ1) is 17.3. The summed E-state index contributed by atoms with van der Waals surface area (Å²) in [5.74, 6) is 0.275. The number of amides is 2. The number of quaternary nitrogens is 1. The Bertz CT molecular complexity index is 677. The highest BCUT2D eigenvalue weighted by molar-refractivity contribution is 5.78. The third kappa shape index (κ3) is 4.11. The van der Waals surface area contributed by atoms with E-state index in [1.807, 2.05) is 18.3 Å². The summed E-state index contributed by atoms with van der Waals surface area (Å²) in [6, 6.07) is 7.26. The van der Waals surface area contributed by atoms with Crippen molar-refractivity contribution in [2.24, 2.45) is 10.8 Å². The summed E-state index contributed by atoms with van der Waals surface area (Å²) in [7, 11) is 0. The second-order valence-electron chi connectivity index (χ2n) is 6.70. The third-order valence-electron chi connectivity index (χ3n) is 4.92. The third-order valence-corrected chi connectivity index (χ3v) is 4.92. The van der Waals surface area contributed by atoms with Crippen LogP contribution in [0.1, 0.15) is 25.3 Å². The Labute approximate surface area is 148 Å². The molecule has 4 N–H and O–H groups in total. The van der Waals surface area contributed by atoms with Crippen LogP contribution in [0, 0.1) is 0 Å². The molecule has 25 heavy (non-hydrogen) atoms. The zero-order chi connectivity index (χ0) is 17.9. The van der Waals surface area contributed by atoms with Gasteiger partial charge in [-0.15, -0.1) is 0 Å². The van der Waals surface area contributed by atoms with Crippen molar-refractivity contribution < 1.29 is 14.5 Å².